The SMILES string of the molecule is CCNc1ncccc1S(=O)(=O)Nc1cc(F)ccc1Br. The summed E-state index contributed by atoms with van der Waals surface area (Å²) in [6, 6.07) is 6.72. The number of hydrogen-bond donors (Lipinski definition) is 2. The minimum atomic E-state index is -3.88. The number of hydrogen-bond acceptors (Lipinski definition) is 4. The Morgan fingerprint density at radius 1 is 1.33 bits per heavy atom. The van der Waals surface area contributed by atoms with Crippen LogP contribution in [0.5, 0.6) is 0 Å². The van der Waals surface area contributed by atoms with Crippen molar-refractivity contribution in [1.29, 1.82) is 0 Å². The van der Waals surface area contributed by atoms with Crippen LogP contribution in [-0.2, 0) is 10.0 Å². The molecule has 0 bridgehead atoms. The first kappa shape index (κ1) is 15.7. The van der Waals surface area contributed by atoms with Crippen molar-refractivity contribution < 1.29 is 12.8 Å². The molecule has 0 unspecified atom stereocenters. The molecule has 0 atom stereocenters. The molecular weight excluding hydrogens is 361 g/mol. The number of anilines is 2. The highest BCUT2D eigenvalue weighted by Crippen LogP contribution is 2.27. The highest BCUT2D eigenvalue weighted by atomic mass is 79.9. The minimum Gasteiger partial charge on any atom is -0.369 e. The molecule has 0 aliphatic heterocycles. The van der Waals surface area contributed by atoms with Crippen LogP contribution in [0.2, 0.25) is 0 Å². The van der Waals surface area contributed by atoms with Crippen LogP contribution in [0.1, 0.15) is 6.92 Å². The summed E-state index contributed by atoms with van der Waals surface area (Å²) in [5.74, 6) is -0.283. The van der Waals surface area contributed by atoms with Crippen LogP contribution in [0.4, 0.5) is 15.9 Å². The van der Waals surface area contributed by atoms with E-state index in [9.17, 15) is 12.8 Å². The lowest BCUT2D eigenvalue weighted by atomic mass is 10.3. The number of aromatic nitrogens is 1. The van der Waals surface area contributed by atoms with E-state index in [1.165, 1.54) is 30.5 Å². The molecule has 1 aromatic heterocycles. The van der Waals surface area contributed by atoms with Crippen molar-refractivity contribution in [2.24, 2.45) is 0 Å². The number of rotatable bonds is 5. The molecule has 5 nitrogen and oxygen atoms in total. The highest BCUT2D eigenvalue weighted by molar-refractivity contribution is 9.10. The molecule has 0 aliphatic carbocycles. The molecule has 0 fully saturated rings. The van der Waals surface area contributed by atoms with Gasteiger partial charge in [-0.2, -0.15) is 0 Å². The van der Waals surface area contributed by atoms with E-state index in [0.717, 1.165) is 6.07 Å². The van der Waals surface area contributed by atoms with Gasteiger partial charge in [-0.25, -0.2) is 17.8 Å². The molecule has 8 heteroatoms. The molecule has 2 N–H and O–H groups in total. The molecule has 2 aromatic rings. The fourth-order valence-electron chi connectivity index (χ4n) is 1.68. The maximum atomic E-state index is 13.2. The number of pyridine rings is 1. The monoisotopic (exact) mass is 373 g/mol. The highest BCUT2D eigenvalue weighted by Gasteiger charge is 2.20. The normalized spacial score (nSPS) is 11.2. The summed E-state index contributed by atoms with van der Waals surface area (Å²) in [6.07, 6.45) is 1.50. The van der Waals surface area contributed by atoms with Gasteiger partial charge in [-0.05, 0) is 53.2 Å². The second-order valence-corrected chi connectivity index (χ2v) is 6.62. The molecule has 21 heavy (non-hydrogen) atoms. The van der Waals surface area contributed by atoms with Crippen molar-refractivity contribution in [2.75, 3.05) is 16.6 Å². The van der Waals surface area contributed by atoms with Gasteiger partial charge in [-0.3, -0.25) is 4.72 Å². The van der Waals surface area contributed by atoms with E-state index in [1.54, 1.807) is 0 Å². The van der Waals surface area contributed by atoms with Gasteiger partial charge in [0.1, 0.15) is 16.5 Å². The maximum Gasteiger partial charge on any atom is 0.265 e. The third kappa shape index (κ3) is 3.70. The molecule has 112 valence electrons. The fraction of sp³-hybridized carbons (Fsp3) is 0.154. The number of nitrogens with zero attached hydrogens (tertiary/aromatic N) is 1. The van der Waals surface area contributed by atoms with Gasteiger partial charge < -0.3 is 5.32 Å². The van der Waals surface area contributed by atoms with Crippen LogP contribution in [0, 0.1) is 5.82 Å². The Kier molecular flexibility index (Phi) is 4.79. The molecule has 0 aliphatic rings. The van der Waals surface area contributed by atoms with Crippen LogP contribution in [0.3, 0.4) is 0 Å². The van der Waals surface area contributed by atoms with Crippen molar-refractivity contribution in [1.82, 2.24) is 4.98 Å². The quantitative estimate of drug-likeness (QED) is 0.843. The molecule has 0 saturated carbocycles. The third-order valence-corrected chi connectivity index (χ3v) is 4.67. The first-order valence-corrected chi connectivity index (χ1v) is 8.38. The molecule has 2 rings (SSSR count). The van der Waals surface area contributed by atoms with E-state index in [-0.39, 0.29) is 16.4 Å². The molecular formula is C13H13BrFN3O2S. The summed E-state index contributed by atoms with van der Waals surface area (Å²) in [7, 11) is -3.88. The molecule has 1 heterocycles. The molecule has 0 radical (unpaired) electrons. The Hall–Kier alpha value is -1.67. The summed E-state index contributed by atoms with van der Waals surface area (Å²) in [4.78, 5) is 4.00. The van der Waals surface area contributed by atoms with Crippen molar-refractivity contribution in [3.63, 3.8) is 0 Å². The standard InChI is InChI=1S/C13H13BrFN3O2S/c1-2-16-13-12(4-3-7-17-13)21(19,20)18-11-8-9(15)5-6-10(11)14/h3-8,18H,2H2,1H3,(H,16,17). The zero-order valence-corrected chi connectivity index (χ0v) is 13.5. The average molecular weight is 374 g/mol. The summed E-state index contributed by atoms with van der Waals surface area (Å²) < 4.78 is 40.9. The predicted molar refractivity (Wildman–Crippen MR) is 83.3 cm³/mol. The van der Waals surface area contributed by atoms with Crippen LogP contribution < -0.4 is 10.0 Å². The molecule has 0 saturated heterocycles. The first-order valence-electron chi connectivity index (χ1n) is 6.11. The van der Waals surface area contributed by atoms with Gasteiger partial charge in [0.15, 0.2) is 0 Å². The number of nitrogens with one attached hydrogen (secondary N) is 2. The van der Waals surface area contributed by atoms with Crippen LogP contribution in [-0.4, -0.2) is 19.9 Å². The minimum absolute atomic E-state index is 0.00279. The summed E-state index contributed by atoms with van der Waals surface area (Å²) in [5, 5.41) is 2.88. The van der Waals surface area contributed by atoms with E-state index < -0.39 is 15.8 Å². The second kappa shape index (κ2) is 6.40. The van der Waals surface area contributed by atoms with Gasteiger partial charge >= 0.3 is 0 Å². The van der Waals surface area contributed by atoms with Crippen LogP contribution in [0.15, 0.2) is 45.9 Å². The smallest absolute Gasteiger partial charge is 0.265 e. The first-order chi connectivity index (χ1) is 9.94. The fourth-order valence-corrected chi connectivity index (χ4v) is 3.37. The number of benzene rings is 1. The Labute approximate surface area is 130 Å². The van der Waals surface area contributed by atoms with E-state index in [2.05, 4.69) is 31.0 Å². The van der Waals surface area contributed by atoms with Crippen molar-refractivity contribution in [2.45, 2.75) is 11.8 Å². The number of sulfonamides is 1. The van der Waals surface area contributed by atoms with Crippen LogP contribution >= 0.6 is 15.9 Å². The van der Waals surface area contributed by atoms with E-state index in [4.69, 9.17) is 0 Å². The molecule has 0 spiro atoms. The lowest BCUT2D eigenvalue weighted by Gasteiger charge is -2.13. The van der Waals surface area contributed by atoms with Gasteiger partial charge in [0, 0.05) is 17.2 Å². The van der Waals surface area contributed by atoms with Gasteiger partial charge in [-0.15, -0.1) is 0 Å². The van der Waals surface area contributed by atoms with E-state index in [0.29, 0.717) is 11.0 Å². The zero-order chi connectivity index (χ0) is 15.5. The summed E-state index contributed by atoms with van der Waals surface area (Å²) in [6.45, 7) is 2.37. The lowest BCUT2D eigenvalue weighted by molar-refractivity contribution is 0.601. The Balaban J connectivity index is 2.41. The third-order valence-electron chi connectivity index (χ3n) is 2.58. The van der Waals surface area contributed by atoms with E-state index in [1.807, 2.05) is 6.92 Å². The van der Waals surface area contributed by atoms with Crippen molar-refractivity contribution >= 4 is 37.5 Å². The zero-order valence-electron chi connectivity index (χ0n) is 11.1. The number of halogens is 2. The Morgan fingerprint density at radius 3 is 2.81 bits per heavy atom. The summed E-state index contributed by atoms with van der Waals surface area (Å²) >= 11 is 3.18. The Bertz CT molecular complexity index is 753. The Morgan fingerprint density at radius 2 is 2.10 bits per heavy atom. The van der Waals surface area contributed by atoms with Gasteiger partial charge in [0.25, 0.3) is 10.0 Å². The second-order valence-electron chi connectivity index (χ2n) is 4.11. The largest absolute Gasteiger partial charge is 0.369 e. The predicted octanol–water partition coefficient (Wildman–Crippen LogP) is 3.22. The topological polar surface area (TPSA) is 71.1 Å². The average Bonchev–Trinajstić information content (AvgIpc) is 2.43. The molecule has 0 amide bonds. The summed E-state index contributed by atoms with van der Waals surface area (Å²) in [5.41, 5.74) is 0.126. The van der Waals surface area contributed by atoms with Crippen molar-refractivity contribution in [3.05, 3.63) is 46.8 Å². The van der Waals surface area contributed by atoms with E-state index >= 15 is 0 Å². The lowest BCUT2D eigenvalue weighted by Crippen LogP contribution is -2.16. The van der Waals surface area contributed by atoms with Gasteiger partial charge in [-0.1, -0.05) is 0 Å². The molecule has 1 aromatic carbocycles. The van der Waals surface area contributed by atoms with Gasteiger partial charge in [0.05, 0.1) is 5.69 Å². The maximum absolute atomic E-state index is 13.2. The van der Waals surface area contributed by atoms with Crippen LogP contribution in [0.25, 0.3) is 0 Å². The van der Waals surface area contributed by atoms with Crippen molar-refractivity contribution in [3.8, 4) is 0 Å². The van der Waals surface area contributed by atoms with Gasteiger partial charge in [0.2, 0.25) is 0 Å².